The first-order valence-corrected chi connectivity index (χ1v) is 3.93. The summed E-state index contributed by atoms with van der Waals surface area (Å²) in [6, 6.07) is 10.6. The molecule has 0 saturated heterocycles. The molecule has 1 aromatic carbocycles. The number of hydrogen-bond acceptors (Lipinski definition) is 1. The van der Waals surface area contributed by atoms with Crippen molar-refractivity contribution >= 4 is 5.91 Å². The van der Waals surface area contributed by atoms with Gasteiger partial charge in [0.15, 0.2) is 0 Å². The SMILES string of the molecule is CC(=O)NC(C)c1cc[c]cc1. The summed E-state index contributed by atoms with van der Waals surface area (Å²) in [6.45, 7) is 3.47. The van der Waals surface area contributed by atoms with Crippen LogP contribution < -0.4 is 5.32 Å². The van der Waals surface area contributed by atoms with E-state index in [9.17, 15) is 4.79 Å². The molecule has 1 unspecified atom stereocenters. The van der Waals surface area contributed by atoms with Crippen molar-refractivity contribution in [1.29, 1.82) is 0 Å². The zero-order valence-corrected chi connectivity index (χ0v) is 7.29. The number of benzene rings is 1. The number of carbonyl (C=O) groups is 1. The van der Waals surface area contributed by atoms with Crippen molar-refractivity contribution < 1.29 is 4.79 Å². The van der Waals surface area contributed by atoms with Crippen LogP contribution in [0.1, 0.15) is 25.5 Å². The molecular formula is C10H12NO. The Hall–Kier alpha value is -1.31. The summed E-state index contributed by atoms with van der Waals surface area (Å²) in [7, 11) is 0. The molecule has 0 saturated carbocycles. The predicted octanol–water partition coefficient (Wildman–Crippen LogP) is 1.68. The lowest BCUT2D eigenvalue weighted by Crippen LogP contribution is -2.23. The third-order valence-electron chi connectivity index (χ3n) is 1.66. The van der Waals surface area contributed by atoms with Crippen LogP contribution >= 0.6 is 0 Å². The molecule has 0 fully saturated rings. The fraction of sp³-hybridized carbons (Fsp3) is 0.300. The van der Waals surface area contributed by atoms with Crippen molar-refractivity contribution in [2.75, 3.05) is 0 Å². The molecule has 1 atom stereocenters. The van der Waals surface area contributed by atoms with E-state index in [-0.39, 0.29) is 11.9 Å². The van der Waals surface area contributed by atoms with Gasteiger partial charge < -0.3 is 5.32 Å². The Balaban J connectivity index is 2.65. The second-order valence-corrected chi connectivity index (χ2v) is 2.76. The summed E-state index contributed by atoms with van der Waals surface area (Å²) in [6.07, 6.45) is 0. The van der Waals surface area contributed by atoms with Crippen LogP contribution in [0.2, 0.25) is 0 Å². The van der Waals surface area contributed by atoms with Crippen molar-refractivity contribution in [2.24, 2.45) is 0 Å². The standard InChI is InChI=1S/C10H12NO/c1-8(11-9(2)12)10-6-4-3-5-7-10/h4-8H,1-2H3,(H,11,12). The molecule has 1 amide bonds. The van der Waals surface area contributed by atoms with Crippen LogP contribution in [0.3, 0.4) is 0 Å². The molecule has 0 heterocycles. The highest BCUT2D eigenvalue weighted by Crippen LogP contribution is 2.09. The van der Waals surface area contributed by atoms with E-state index in [0.29, 0.717) is 0 Å². The van der Waals surface area contributed by atoms with Crippen LogP contribution in [0.25, 0.3) is 0 Å². The minimum Gasteiger partial charge on any atom is -0.350 e. The van der Waals surface area contributed by atoms with E-state index in [0.717, 1.165) is 5.56 Å². The largest absolute Gasteiger partial charge is 0.350 e. The van der Waals surface area contributed by atoms with Crippen LogP contribution in [0.5, 0.6) is 0 Å². The first-order valence-electron chi connectivity index (χ1n) is 3.93. The Kier molecular flexibility index (Phi) is 2.86. The minimum atomic E-state index is -0.00432. The van der Waals surface area contributed by atoms with Gasteiger partial charge in [-0.1, -0.05) is 24.3 Å². The Bertz CT molecular complexity index is 256. The molecule has 2 heteroatoms. The van der Waals surface area contributed by atoms with Crippen molar-refractivity contribution in [3.63, 3.8) is 0 Å². The average molecular weight is 162 g/mol. The molecule has 0 aromatic heterocycles. The van der Waals surface area contributed by atoms with Gasteiger partial charge >= 0.3 is 0 Å². The topological polar surface area (TPSA) is 29.1 Å². The lowest BCUT2D eigenvalue weighted by Gasteiger charge is -2.11. The van der Waals surface area contributed by atoms with Gasteiger partial charge in [-0.2, -0.15) is 0 Å². The smallest absolute Gasteiger partial charge is 0.217 e. The summed E-state index contributed by atoms with van der Waals surface area (Å²) in [5, 5.41) is 2.81. The third kappa shape index (κ3) is 2.38. The minimum absolute atomic E-state index is 0.00432. The molecule has 1 N–H and O–H groups in total. The van der Waals surface area contributed by atoms with E-state index in [1.807, 2.05) is 31.2 Å². The monoisotopic (exact) mass is 162 g/mol. The molecule has 0 aliphatic carbocycles. The van der Waals surface area contributed by atoms with E-state index in [2.05, 4.69) is 11.4 Å². The highest BCUT2D eigenvalue weighted by molar-refractivity contribution is 5.73. The number of rotatable bonds is 2. The number of hydrogen-bond donors (Lipinski definition) is 1. The molecule has 12 heavy (non-hydrogen) atoms. The fourth-order valence-electron chi connectivity index (χ4n) is 1.08. The van der Waals surface area contributed by atoms with Gasteiger partial charge in [0, 0.05) is 6.92 Å². The van der Waals surface area contributed by atoms with Gasteiger partial charge in [-0.25, -0.2) is 0 Å². The lowest BCUT2D eigenvalue weighted by molar-refractivity contribution is -0.119. The molecule has 0 spiro atoms. The van der Waals surface area contributed by atoms with Crippen LogP contribution in [0.4, 0.5) is 0 Å². The summed E-state index contributed by atoms with van der Waals surface area (Å²) in [5.41, 5.74) is 1.10. The van der Waals surface area contributed by atoms with Crippen LogP contribution in [-0.2, 0) is 4.79 Å². The van der Waals surface area contributed by atoms with Crippen LogP contribution in [-0.4, -0.2) is 5.91 Å². The maximum absolute atomic E-state index is 10.7. The van der Waals surface area contributed by atoms with Gasteiger partial charge in [-0.05, 0) is 18.6 Å². The summed E-state index contributed by atoms with van der Waals surface area (Å²) in [4.78, 5) is 10.7. The number of amides is 1. The highest BCUT2D eigenvalue weighted by Gasteiger charge is 2.03. The Labute approximate surface area is 72.6 Å². The van der Waals surface area contributed by atoms with Gasteiger partial charge in [-0.3, -0.25) is 4.79 Å². The van der Waals surface area contributed by atoms with Crippen molar-refractivity contribution in [3.8, 4) is 0 Å². The zero-order chi connectivity index (χ0) is 8.97. The fourth-order valence-corrected chi connectivity index (χ4v) is 1.08. The third-order valence-corrected chi connectivity index (χ3v) is 1.66. The van der Waals surface area contributed by atoms with Crippen LogP contribution in [0, 0.1) is 6.07 Å². The van der Waals surface area contributed by atoms with Gasteiger partial charge in [0.1, 0.15) is 0 Å². The van der Waals surface area contributed by atoms with E-state index >= 15 is 0 Å². The summed E-state index contributed by atoms with van der Waals surface area (Å²) in [5.74, 6) is -0.00432. The zero-order valence-electron chi connectivity index (χ0n) is 7.29. The molecule has 63 valence electrons. The molecular weight excluding hydrogens is 150 g/mol. The van der Waals surface area contributed by atoms with E-state index in [4.69, 9.17) is 0 Å². The van der Waals surface area contributed by atoms with Gasteiger partial charge in [-0.15, -0.1) is 0 Å². The van der Waals surface area contributed by atoms with Crippen LogP contribution in [0.15, 0.2) is 24.3 Å². The quantitative estimate of drug-likeness (QED) is 0.704. The van der Waals surface area contributed by atoms with E-state index < -0.39 is 0 Å². The Morgan fingerprint density at radius 3 is 2.58 bits per heavy atom. The normalized spacial score (nSPS) is 12.2. The summed E-state index contributed by atoms with van der Waals surface area (Å²) >= 11 is 0. The summed E-state index contributed by atoms with van der Waals surface area (Å²) < 4.78 is 0. The Morgan fingerprint density at radius 1 is 1.50 bits per heavy atom. The van der Waals surface area contributed by atoms with Crippen molar-refractivity contribution in [1.82, 2.24) is 5.32 Å². The van der Waals surface area contributed by atoms with Gasteiger partial charge in [0.25, 0.3) is 0 Å². The molecule has 0 aliphatic heterocycles. The first-order chi connectivity index (χ1) is 5.70. The van der Waals surface area contributed by atoms with Gasteiger partial charge in [0.05, 0.1) is 6.04 Å². The van der Waals surface area contributed by atoms with E-state index in [1.54, 1.807) is 0 Å². The average Bonchev–Trinajstić information content (AvgIpc) is 2.05. The number of carbonyl (C=O) groups excluding carboxylic acids is 1. The maximum Gasteiger partial charge on any atom is 0.217 e. The van der Waals surface area contributed by atoms with Crippen molar-refractivity contribution in [2.45, 2.75) is 19.9 Å². The molecule has 2 nitrogen and oxygen atoms in total. The Morgan fingerprint density at radius 2 is 2.08 bits per heavy atom. The molecule has 0 bridgehead atoms. The maximum atomic E-state index is 10.7. The second kappa shape index (κ2) is 3.90. The number of nitrogens with one attached hydrogen (secondary N) is 1. The van der Waals surface area contributed by atoms with Gasteiger partial charge in [0.2, 0.25) is 5.91 Å². The first kappa shape index (κ1) is 8.78. The molecule has 0 aliphatic rings. The molecule has 1 aromatic rings. The molecule has 1 rings (SSSR count). The predicted molar refractivity (Wildman–Crippen MR) is 47.5 cm³/mol. The van der Waals surface area contributed by atoms with E-state index in [1.165, 1.54) is 6.92 Å². The second-order valence-electron chi connectivity index (χ2n) is 2.76. The lowest BCUT2D eigenvalue weighted by atomic mass is 10.1. The molecule has 1 radical (unpaired) electrons. The van der Waals surface area contributed by atoms with Crippen molar-refractivity contribution in [3.05, 3.63) is 35.9 Å². The highest BCUT2D eigenvalue weighted by atomic mass is 16.1.